The molecule has 3 heterocycles. The topological polar surface area (TPSA) is 17.0 Å². The van der Waals surface area contributed by atoms with E-state index in [-0.39, 0.29) is 0 Å². The van der Waals surface area contributed by atoms with Gasteiger partial charge in [-0.05, 0) is 43.4 Å². The van der Waals surface area contributed by atoms with Gasteiger partial charge in [0.25, 0.3) is 0 Å². The van der Waals surface area contributed by atoms with Crippen LogP contribution in [0.15, 0.2) is 24.4 Å². The average molecular weight is 240 g/mol. The van der Waals surface area contributed by atoms with Gasteiger partial charge in [-0.3, -0.25) is 0 Å². The second-order valence-corrected chi connectivity index (χ2v) is 5.76. The summed E-state index contributed by atoms with van der Waals surface area (Å²) in [5.74, 6) is 0. The van der Waals surface area contributed by atoms with Crippen LogP contribution in [0.3, 0.4) is 0 Å². The molecule has 1 unspecified atom stereocenters. The molecular formula is C16H20N2. The highest BCUT2D eigenvalue weighted by Crippen LogP contribution is 2.31. The molecular weight excluding hydrogens is 220 g/mol. The third-order valence-corrected chi connectivity index (χ3v) is 4.57. The van der Waals surface area contributed by atoms with Gasteiger partial charge >= 0.3 is 0 Å². The monoisotopic (exact) mass is 240 g/mol. The van der Waals surface area contributed by atoms with E-state index in [2.05, 4.69) is 34.3 Å². The Hall–Kier alpha value is -1.28. The molecule has 0 saturated carbocycles. The molecule has 94 valence electrons. The third kappa shape index (κ3) is 1.59. The van der Waals surface area contributed by atoms with Crippen molar-refractivity contribution in [2.75, 3.05) is 6.54 Å². The molecule has 1 fully saturated rings. The molecule has 0 amide bonds. The first-order chi connectivity index (χ1) is 8.92. The summed E-state index contributed by atoms with van der Waals surface area (Å²) < 4.78 is 2.46. The van der Waals surface area contributed by atoms with Gasteiger partial charge in [-0.2, -0.15) is 0 Å². The SMILES string of the molecule is c1cc2c3c(c1)c(CC1CCCCN1)cn3CC2. The molecule has 2 aliphatic heterocycles. The molecule has 2 heteroatoms. The highest BCUT2D eigenvalue weighted by atomic mass is 15.0. The van der Waals surface area contributed by atoms with E-state index in [0.717, 1.165) is 0 Å². The summed E-state index contributed by atoms with van der Waals surface area (Å²) in [5.41, 5.74) is 4.59. The van der Waals surface area contributed by atoms with Crippen LogP contribution < -0.4 is 5.32 Å². The van der Waals surface area contributed by atoms with Crippen LogP contribution in [0.5, 0.6) is 0 Å². The van der Waals surface area contributed by atoms with Crippen molar-refractivity contribution in [3.63, 3.8) is 0 Å². The Morgan fingerprint density at radius 2 is 2.28 bits per heavy atom. The van der Waals surface area contributed by atoms with Gasteiger partial charge < -0.3 is 9.88 Å². The molecule has 2 nitrogen and oxygen atoms in total. The fourth-order valence-electron chi connectivity index (χ4n) is 3.66. The van der Waals surface area contributed by atoms with E-state index < -0.39 is 0 Å². The van der Waals surface area contributed by atoms with Crippen molar-refractivity contribution in [1.29, 1.82) is 0 Å². The molecule has 1 saturated heterocycles. The minimum atomic E-state index is 0.695. The van der Waals surface area contributed by atoms with Gasteiger partial charge in [-0.25, -0.2) is 0 Å². The van der Waals surface area contributed by atoms with E-state index in [9.17, 15) is 0 Å². The van der Waals surface area contributed by atoms with Gasteiger partial charge in [0.2, 0.25) is 0 Å². The lowest BCUT2D eigenvalue weighted by molar-refractivity contribution is 0.400. The van der Waals surface area contributed by atoms with Gasteiger partial charge in [-0.1, -0.05) is 24.6 Å². The van der Waals surface area contributed by atoms with E-state index in [1.54, 1.807) is 5.56 Å². The summed E-state index contributed by atoms with van der Waals surface area (Å²) in [5, 5.41) is 5.16. The summed E-state index contributed by atoms with van der Waals surface area (Å²) in [6, 6.07) is 7.51. The number of nitrogens with one attached hydrogen (secondary N) is 1. The molecule has 2 aromatic rings. The van der Waals surface area contributed by atoms with Crippen LogP contribution in [-0.2, 0) is 19.4 Å². The standard InChI is InChI=1S/C16H20N2/c1-2-8-17-14(5-1)10-13-11-18-9-7-12-4-3-6-15(13)16(12)18/h3-4,6,11,14,17H,1-2,5,7-10H2. The zero-order chi connectivity index (χ0) is 11.9. The molecule has 1 aromatic carbocycles. The highest BCUT2D eigenvalue weighted by Gasteiger charge is 2.20. The first kappa shape index (κ1) is 10.6. The zero-order valence-corrected chi connectivity index (χ0v) is 10.8. The van der Waals surface area contributed by atoms with Crippen LogP contribution in [0.4, 0.5) is 0 Å². The van der Waals surface area contributed by atoms with Crippen molar-refractivity contribution in [1.82, 2.24) is 9.88 Å². The van der Waals surface area contributed by atoms with Crippen molar-refractivity contribution in [2.24, 2.45) is 0 Å². The minimum Gasteiger partial charge on any atom is -0.347 e. The molecule has 0 aliphatic carbocycles. The highest BCUT2D eigenvalue weighted by molar-refractivity contribution is 5.88. The summed E-state index contributed by atoms with van der Waals surface area (Å²) in [7, 11) is 0. The summed E-state index contributed by atoms with van der Waals surface area (Å²) in [4.78, 5) is 0. The van der Waals surface area contributed by atoms with Gasteiger partial charge in [-0.15, -0.1) is 0 Å². The number of hydrogen-bond donors (Lipinski definition) is 1. The van der Waals surface area contributed by atoms with Crippen molar-refractivity contribution >= 4 is 10.9 Å². The van der Waals surface area contributed by atoms with Crippen LogP contribution >= 0.6 is 0 Å². The molecule has 0 radical (unpaired) electrons. The van der Waals surface area contributed by atoms with Crippen LogP contribution in [-0.4, -0.2) is 17.2 Å². The Morgan fingerprint density at radius 3 is 3.17 bits per heavy atom. The maximum atomic E-state index is 3.66. The van der Waals surface area contributed by atoms with Crippen LogP contribution in [0, 0.1) is 0 Å². The number of rotatable bonds is 2. The molecule has 1 atom stereocenters. The molecule has 2 aliphatic rings. The van der Waals surface area contributed by atoms with E-state index >= 15 is 0 Å². The fourth-order valence-corrected chi connectivity index (χ4v) is 3.66. The molecule has 0 bridgehead atoms. The fraction of sp³-hybridized carbons (Fsp3) is 0.500. The normalized spacial score (nSPS) is 22.8. The second kappa shape index (κ2) is 4.13. The first-order valence-electron chi connectivity index (χ1n) is 7.25. The maximum Gasteiger partial charge on any atom is 0.0516 e. The van der Waals surface area contributed by atoms with E-state index in [0.29, 0.717) is 6.04 Å². The Kier molecular flexibility index (Phi) is 2.44. The van der Waals surface area contributed by atoms with E-state index in [1.165, 1.54) is 61.7 Å². The Labute approximate surface area is 108 Å². The number of aryl methyl sites for hydroxylation is 2. The van der Waals surface area contributed by atoms with Gasteiger partial charge in [0, 0.05) is 24.2 Å². The zero-order valence-electron chi connectivity index (χ0n) is 10.8. The summed E-state index contributed by atoms with van der Waals surface area (Å²) in [6.07, 6.45) is 8.90. The lowest BCUT2D eigenvalue weighted by Crippen LogP contribution is -2.35. The lowest BCUT2D eigenvalue weighted by Gasteiger charge is -2.23. The molecule has 0 spiro atoms. The van der Waals surface area contributed by atoms with Crippen LogP contribution in [0.25, 0.3) is 10.9 Å². The van der Waals surface area contributed by atoms with Crippen LogP contribution in [0.1, 0.15) is 30.4 Å². The number of hydrogen-bond acceptors (Lipinski definition) is 1. The van der Waals surface area contributed by atoms with E-state index in [1.807, 2.05) is 0 Å². The number of para-hydroxylation sites is 1. The Balaban J connectivity index is 1.71. The van der Waals surface area contributed by atoms with Crippen molar-refractivity contribution < 1.29 is 0 Å². The lowest BCUT2D eigenvalue weighted by atomic mass is 9.97. The smallest absolute Gasteiger partial charge is 0.0516 e. The Morgan fingerprint density at radius 1 is 1.28 bits per heavy atom. The van der Waals surface area contributed by atoms with Gasteiger partial charge in [0.15, 0.2) is 0 Å². The molecule has 4 rings (SSSR count). The second-order valence-electron chi connectivity index (χ2n) is 5.76. The molecule has 1 N–H and O–H groups in total. The van der Waals surface area contributed by atoms with E-state index in [4.69, 9.17) is 0 Å². The predicted molar refractivity (Wildman–Crippen MR) is 75.0 cm³/mol. The predicted octanol–water partition coefficient (Wildman–Crippen LogP) is 2.88. The quantitative estimate of drug-likeness (QED) is 0.854. The minimum absolute atomic E-state index is 0.695. The van der Waals surface area contributed by atoms with Crippen molar-refractivity contribution in [3.05, 3.63) is 35.5 Å². The van der Waals surface area contributed by atoms with Gasteiger partial charge in [0.05, 0.1) is 5.52 Å². The number of piperidine rings is 1. The van der Waals surface area contributed by atoms with Crippen molar-refractivity contribution in [2.45, 2.75) is 44.7 Å². The Bertz CT molecular complexity index is 576. The molecule has 1 aromatic heterocycles. The largest absolute Gasteiger partial charge is 0.347 e. The summed E-state index contributed by atoms with van der Waals surface area (Å²) >= 11 is 0. The number of aromatic nitrogens is 1. The number of nitrogens with zero attached hydrogens (tertiary/aromatic N) is 1. The summed E-state index contributed by atoms with van der Waals surface area (Å²) in [6.45, 7) is 2.38. The molecule has 18 heavy (non-hydrogen) atoms. The third-order valence-electron chi connectivity index (χ3n) is 4.57. The average Bonchev–Trinajstić information content (AvgIpc) is 2.97. The number of benzene rings is 1. The van der Waals surface area contributed by atoms with Crippen molar-refractivity contribution in [3.8, 4) is 0 Å². The maximum absolute atomic E-state index is 3.66. The van der Waals surface area contributed by atoms with Crippen LogP contribution in [0.2, 0.25) is 0 Å². The van der Waals surface area contributed by atoms with Gasteiger partial charge in [0.1, 0.15) is 0 Å². The first-order valence-corrected chi connectivity index (χ1v) is 7.25.